The normalized spacial score (nSPS) is 11.9. The molecule has 0 aliphatic rings. The topological polar surface area (TPSA) is 96.9 Å². The second kappa shape index (κ2) is 9.86. The summed E-state index contributed by atoms with van der Waals surface area (Å²) in [4.78, 5) is 21.6. The Morgan fingerprint density at radius 2 is 2.00 bits per heavy atom. The third-order valence-electron chi connectivity index (χ3n) is 1.90. The van der Waals surface area contributed by atoms with E-state index in [4.69, 9.17) is 14.6 Å². The number of urea groups is 1. The van der Waals surface area contributed by atoms with Crippen molar-refractivity contribution in [3.05, 3.63) is 0 Å². The predicted octanol–water partition coefficient (Wildman–Crippen LogP) is -0.188. The zero-order valence-corrected chi connectivity index (χ0v) is 10.2. The van der Waals surface area contributed by atoms with Gasteiger partial charge in [0, 0.05) is 20.3 Å². The maximum absolute atomic E-state index is 11.1. The number of carbonyl (C=O) groups excluding carboxylic acids is 1. The van der Waals surface area contributed by atoms with Gasteiger partial charge in [0.1, 0.15) is 6.04 Å². The molecule has 100 valence electrons. The summed E-state index contributed by atoms with van der Waals surface area (Å²) in [5.41, 5.74) is 0. The first-order valence-corrected chi connectivity index (χ1v) is 5.41. The van der Waals surface area contributed by atoms with Gasteiger partial charge in [-0.25, -0.2) is 4.79 Å². The van der Waals surface area contributed by atoms with E-state index in [1.807, 2.05) is 0 Å². The van der Waals surface area contributed by atoms with Gasteiger partial charge < -0.3 is 25.2 Å². The number of hydrogen-bond acceptors (Lipinski definition) is 4. The maximum Gasteiger partial charge on any atom is 0.325 e. The van der Waals surface area contributed by atoms with Gasteiger partial charge in [-0.05, 0) is 13.3 Å². The van der Waals surface area contributed by atoms with Crippen LogP contribution in [0.2, 0.25) is 0 Å². The second-order valence-corrected chi connectivity index (χ2v) is 3.42. The number of carbonyl (C=O) groups is 2. The number of carboxylic acids is 1. The van der Waals surface area contributed by atoms with Gasteiger partial charge in [0.05, 0.1) is 13.2 Å². The van der Waals surface area contributed by atoms with E-state index >= 15 is 0 Å². The van der Waals surface area contributed by atoms with Crippen molar-refractivity contribution >= 4 is 12.0 Å². The van der Waals surface area contributed by atoms with Gasteiger partial charge in [-0.3, -0.25) is 4.79 Å². The van der Waals surface area contributed by atoms with Crippen LogP contribution >= 0.6 is 0 Å². The first-order chi connectivity index (χ1) is 8.07. The minimum Gasteiger partial charge on any atom is -0.480 e. The number of ether oxygens (including phenoxy) is 2. The number of amides is 2. The van der Waals surface area contributed by atoms with Crippen LogP contribution < -0.4 is 10.6 Å². The summed E-state index contributed by atoms with van der Waals surface area (Å²) in [6.07, 6.45) is 0.665. The Bertz CT molecular complexity index is 235. The van der Waals surface area contributed by atoms with Gasteiger partial charge >= 0.3 is 12.0 Å². The summed E-state index contributed by atoms with van der Waals surface area (Å²) >= 11 is 0. The second-order valence-electron chi connectivity index (χ2n) is 3.42. The number of nitrogens with one attached hydrogen (secondary N) is 2. The van der Waals surface area contributed by atoms with Crippen molar-refractivity contribution in [3.63, 3.8) is 0 Å². The van der Waals surface area contributed by atoms with Crippen molar-refractivity contribution in [1.82, 2.24) is 10.6 Å². The van der Waals surface area contributed by atoms with E-state index in [-0.39, 0.29) is 0 Å². The van der Waals surface area contributed by atoms with Crippen LogP contribution in [-0.4, -0.2) is 56.6 Å². The molecule has 0 aliphatic heterocycles. The van der Waals surface area contributed by atoms with Crippen LogP contribution in [0.15, 0.2) is 0 Å². The number of aliphatic carboxylic acids is 1. The molecule has 3 N–H and O–H groups in total. The summed E-state index contributed by atoms with van der Waals surface area (Å²) in [7, 11) is 1.60. The molecule has 0 radical (unpaired) electrons. The fourth-order valence-corrected chi connectivity index (χ4v) is 0.930. The quantitative estimate of drug-likeness (QED) is 0.491. The zero-order chi connectivity index (χ0) is 13.1. The molecule has 1 atom stereocenters. The Hall–Kier alpha value is -1.34. The van der Waals surface area contributed by atoms with Crippen molar-refractivity contribution in [2.75, 3.05) is 33.5 Å². The average molecular weight is 248 g/mol. The molecule has 0 aromatic rings. The SMILES string of the molecule is COCCOCCCNC(=O)NC(C)C(=O)O. The molecule has 1 unspecified atom stereocenters. The molecule has 2 amide bonds. The van der Waals surface area contributed by atoms with Crippen LogP contribution in [0.4, 0.5) is 4.79 Å². The standard InChI is InChI=1S/C10H20N2O5/c1-8(9(13)14)12-10(15)11-4-3-5-17-7-6-16-2/h8H,3-7H2,1-2H3,(H,13,14)(H2,11,12,15). The van der Waals surface area contributed by atoms with E-state index in [9.17, 15) is 9.59 Å². The average Bonchev–Trinajstić information content (AvgIpc) is 2.27. The van der Waals surface area contributed by atoms with E-state index in [0.29, 0.717) is 32.8 Å². The molecule has 0 rings (SSSR count). The summed E-state index contributed by atoms with van der Waals surface area (Å²) in [5.74, 6) is -1.07. The summed E-state index contributed by atoms with van der Waals surface area (Å²) in [6, 6.07) is -1.38. The Morgan fingerprint density at radius 3 is 2.59 bits per heavy atom. The lowest BCUT2D eigenvalue weighted by molar-refractivity contribution is -0.138. The monoisotopic (exact) mass is 248 g/mol. The van der Waals surface area contributed by atoms with Crippen LogP contribution in [-0.2, 0) is 14.3 Å². The molecule has 0 spiro atoms. The minimum absolute atomic E-state index is 0.436. The summed E-state index contributed by atoms with van der Waals surface area (Å²) < 4.78 is 9.98. The fourth-order valence-electron chi connectivity index (χ4n) is 0.930. The highest BCUT2D eigenvalue weighted by atomic mass is 16.5. The van der Waals surface area contributed by atoms with Crippen LogP contribution in [0.3, 0.4) is 0 Å². The summed E-state index contributed by atoms with van der Waals surface area (Å²) in [5, 5.41) is 13.4. The molecule has 0 fully saturated rings. The maximum atomic E-state index is 11.1. The number of methoxy groups -OCH3 is 1. The molecule has 0 aromatic heterocycles. The van der Waals surface area contributed by atoms with Crippen molar-refractivity contribution in [1.29, 1.82) is 0 Å². The smallest absolute Gasteiger partial charge is 0.325 e. The molecule has 0 saturated carbocycles. The molecule has 17 heavy (non-hydrogen) atoms. The molecular formula is C10H20N2O5. The van der Waals surface area contributed by atoms with E-state index in [1.165, 1.54) is 6.92 Å². The van der Waals surface area contributed by atoms with Crippen molar-refractivity contribution in [2.45, 2.75) is 19.4 Å². The Kier molecular flexibility index (Phi) is 9.08. The fraction of sp³-hybridized carbons (Fsp3) is 0.800. The lowest BCUT2D eigenvalue weighted by Gasteiger charge is -2.10. The van der Waals surface area contributed by atoms with E-state index in [1.54, 1.807) is 7.11 Å². The van der Waals surface area contributed by atoms with Crippen molar-refractivity contribution in [3.8, 4) is 0 Å². The van der Waals surface area contributed by atoms with Gasteiger partial charge in [0.15, 0.2) is 0 Å². The first-order valence-electron chi connectivity index (χ1n) is 5.41. The van der Waals surface area contributed by atoms with Crippen molar-refractivity contribution < 1.29 is 24.2 Å². The Labute approximate surface area is 100 Å². The van der Waals surface area contributed by atoms with Crippen LogP contribution in [0, 0.1) is 0 Å². The van der Waals surface area contributed by atoms with Gasteiger partial charge in [-0.1, -0.05) is 0 Å². The van der Waals surface area contributed by atoms with Gasteiger partial charge in [-0.2, -0.15) is 0 Å². The molecule has 0 aliphatic carbocycles. The molecule has 7 heteroatoms. The van der Waals surface area contributed by atoms with Crippen LogP contribution in [0.5, 0.6) is 0 Å². The zero-order valence-electron chi connectivity index (χ0n) is 10.2. The highest BCUT2D eigenvalue weighted by Crippen LogP contribution is 1.83. The minimum atomic E-state index is -1.07. The van der Waals surface area contributed by atoms with E-state index < -0.39 is 18.0 Å². The van der Waals surface area contributed by atoms with Crippen LogP contribution in [0.1, 0.15) is 13.3 Å². The molecular weight excluding hydrogens is 228 g/mol. The lowest BCUT2D eigenvalue weighted by atomic mass is 10.3. The Morgan fingerprint density at radius 1 is 1.29 bits per heavy atom. The highest BCUT2D eigenvalue weighted by molar-refractivity contribution is 5.82. The van der Waals surface area contributed by atoms with Gasteiger partial charge in [-0.15, -0.1) is 0 Å². The van der Waals surface area contributed by atoms with Gasteiger partial charge in [0.2, 0.25) is 0 Å². The third kappa shape index (κ3) is 9.58. The molecule has 0 bridgehead atoms. The lowest BCUT2D eigenvalue weighted by Crippen LogP contribution is -2.44. The molecule has 0 saturated heterocycles. The van der Waals surface area contributed by atoms with E-state index in [0.717, 1.165) is 0 Å². The molecule has 0 aromatic carbocycles. The first kappa shape index (κ1) is 15.7. The number of hydrogen-bond donors (Lipinski definition) is 3. The predicted molar refractivity (Wildman–Crippen MR) is 60.9 cm³/mol. The number of carboxylic acid groups (broad SMARTS) is 1. The largest absolute Gasteiger partial charge is 0.480 e. The molecule has 0 heterocycles. The highest BCUT2D eigenvalue weighted by Gasteiger charge is 2.12. The molecule has 7 nitrogen and oxygen atoms in total. The summed E-state index contributed by atoms with van der Waals surface area (Å²) in [6.45, 7) is 3.43. The van der Waals surface area contributed by atoms with E-state index in [2.05, 4.69) is 10.6 Å². The Balaban J connectivity index is 3.36. The number of rotatable bonds is 9. The van der Waals surface area contributed by atoms with Crippen LogP contribution in [0.25, 0.3) is 0 Å². The van der Waals surface area contributed by atoms with Crippen molar-refractivity contribution in [2.24, 2.45) is 0 Å². The van der Waals surface area contributed by atoms with Gasteiger partial charge in [0.25, 0.3) is 0 Å². The third-order valence-corrected chi connectivity index (χ3v) is 1.90.